The number of aliphatic carboxylic acids is 1. The van der Waals surface area contributed by atoms with Gasteiger partial charge in [-0.25, -0.2) is 4.79 Å². The minimum absolute atomic E-state index is 0.231. The molecular formula is C30H30ClNO5. The quantitative estimate of drug-likeness (QED) is 0.403. The van der Waals surface area contributed by atoms with Gasteiger partial charge in [0, 0.05) is 30.2 Å². The lowest BCUT2D eigenvalue weighted by Crippen LogP contribution is -2.35. The smallest absolute Gasteiger partial charge is 0.341 e. The normalized spacial score (nSPS) is 13.5. The van der Waals surface area contributed by atoms with E-state index >= 15 is 0 Å². The maximum Gasteiger partial charge on any atom is 0.341 e. The van der Waals surface area contributed by atoms with Gasteiger partial charge >= 0.3 is 5.97 Å². The summed E-state index contributed by atoms with van der Waals surface area (Å²) >= 11 is 6.06. The topological polar surface area (TPSA) is 68.2 Å². The monoisotopic (exact) mass is 519 g/mol. The number of morpholine rings is 1. The van der Waals surface area contributed by atoms with Gasteiger partial charge in [-0.15, -0.1) is 0 Å². The fraction of sp³-hybridized carbons (Fsp3) is 0.300. The van der Waals surface area contributed by atoms with E-state index in [0.29, 0.717) is 11.5 Å². The number of rotatable bonds is 9. The zero-order chi connectivity index (χ0) is 26.0. The van der Waals surface area contributed by atoms with Crippen LogP contribution in [0.4, 0.5) is 0 Å². The molecule has 1 aliphatic heterocycles. The van der Waals surface area contributed by atoms with Crippen LogP contribution in [0.15, 0.2) is 60.7 Å². The predicted molar refractivity (Wildman–Crippen MR) is 143 cm³/mol. The van der Waals surface area contributed by atoms with Gasteiger partial charge in [0.1, 0.15) is 18.1 Å². The zero-order valence-electron chi connectivity index (χ0n) is 20.8. The molecule has 1 N–H and O–H groups in total. The summed E-state index contributed by atoms with van der Waals surface area (Å²) in [4.78, 5) is 13.1. The van der Waals surface area contributed by atoms with Crippen LogP contribution in [0.5, 0.6) is 11.5 Å². The van der Waals surface area contributed by atoms with Crippen LogP contribution in [0.1, 0.15) is 27.8 Å². The van der Waals surface area contributed by atoms with E-state index < -0.39 is 5.97 Å². The van der Waals surface area contributed by atoms with Crippen molar-refractivity contribution in [2.75, 3.05) is 39.5 Å². The van der Waals surface area contributed by atoms with E-state index in [2.05, 4.69) is 47.1 Å². The van der Waals surface area contributed by atoms with Crippen LogP contribution in [0.25, 0.3) is 0 Å². The summed E-state index contributed by atoms with van der Waals surface area (Å²) in [6.45, 7) is 5.94. The summed E-state index contributed by atoms with van der Waals surface area (Å²) in [5.41, 5.74) is 5.37. The number of halogens is 1. The number of benzene rings is 3. The average Bonchev–Trinajstić information content (AvgIpc) is 2.88. The Morgan fingerprint density at radius 3 is 2.49 bits per heavy atom. The third-order valence-corrected chi connectivity index (χ3v) is 6.18. The molecule has 0 bridgehead atoms. The van der Waals surface area contributed by atoms with E-state index in [1.165, 1.54) is 16.7 Å². The van der Waals surface area contributed by atoms with Gasteiger partial charge in [-0.05, 0) is 78.1 Å². The average molecular weight is 520 g/mol. The van der Waals surface area contributed by atoms with Crippen molar-refractivity contribution >= 4 is 17.6 Å². The number of carboxylic acid groups (broad SMARTS) is 1. The van der Waals surface area contributed by atoms with Crippen molar-refractivity contribution in [1.82, 2.24) is 4.90 Å². The van der Waals surface area contributed by atoms with Gasteiger partial charge in [-0.3, -0.25) is 4.90 Å². The maximum absolute atomic E-state index is 10.7. The van der Waals surface area contributed by atoms with Crippen molar-refractivity contribution in [1.29, 1.82) is 0 Å². The van der Waals surface area contributed by atoms with E-state index in [4.69, 9.17) is 30.9 Å². The summed E-state index contributed by atoms with van der Waals surface area (Å²) in [7, 11) is 0. The number of nitrogens with zero attached hydrogens (tertiary/aromatic N) is 1. The highest BCUT2D eigenvalue weighted by Gasteiger charge is 2.12. The Balaban J connectivity index is 1.44. The SMILES string of the molecule is Cc1cc(OCC#Cc2cc(Cc3ccc(Cl)cc3)cc(CN3CCOCC3)c2)ccc1OCC(=O)O. The largest absolute Gasteiger partial charge is 0.482 e. The molecule has 37 heavy (non-hydrogen) atoms. The molecule has 0 aromatic heterocycles. The van der Waals surface area contributed by atoms with E-state index in [-0.39, 0.29) is 13.2 Å². The van der Waals surface area contributed by atoms with E-state index in [1.54, 1.807) is 12.1 Å². The second-order valence-electron chi connectivity index (χ2n) is 8.93. The molecule has 0 atom stereocenters. The molecule has 1 saturated heterocycles. The molecule has 0 amide bonds. The summed E-state index contributed by atoms with van der Waals surface area (Å²) < 4.78 is 16.6. The number of hydrogen-bond donors (Lipinski definition) is 1. The number of carbonyl (C=O) groups is 1. The number of carboxylic acids is 1. The van der Waals surface area contributed by atoms with Crippen molar-refractivity contribution in [3.8, 4) is 23.3 Å². The fourth-order valence-electron chi connectivity index (χ4n) is 4.15. The Bertz CT molecular complexity index is 1270. The maximum atomic E-state index is 10.7. The zero-order valence-corrected chi connectivity index (χ0v) is 21.6. The van der Waals surface area contributed by atoms with Crippen LogP contribution in [-0.4, -0.2) is 55.5 Å². The highest BCUT2D eigenvalue weighted by molar-refractivity contribution is 6.30. The number of ether oxygens (including phenoxy) is 3. The molecule has 1 aliphatic rings. The Kier molecular flexibility index (Phi) is 9.45. The summed E-state index contributed by atoms with van der Waals surface area (Å²) in [5, 5.41) is 9.51. The summed E-state index contributed by atoms with van der Waals surface area (Å²) in [6.07, 6.45) is 0.800. The van der Waals surface area contributed by atoms with Crippen LogP contribution < -0.4 is 9.47 Å². The van der Waals surface area contributed by atoms with Crippen LogP contribution >= 0.6 is 11.6 Å². The molecule has 0 spiro atoms. The molecule has 0 radical (unpaired) electrons. The number of aryl methyl sites for hydroxylation is 1. The van der Waals surface area contributed by atoms with Gasteiger partial charge in [0.25, 0.3) is 0 Å². The Morgan fingerprint density at radius 2 is 1.76 bits per heavy atom. The predicted octanol–water partition coefficient (Wildman–Crippen LogP) is 4.97. The first-order chi connectivity index (χ1) is 17.9. The minimum Gasteiger partial charge on any atom is -0.482 e. The van der Waals surface area contributed by atoms with Crippen LogP contribution in [0, 0.1) is 18.8 Å². The van der Waals surface area contributed by atoms with Gasteiger partial charge in [-0.1, -0.05) is 41.6 Å². The lowest BCUT2D eigenvalue weighted by molar-refractivity contribution is -0.139. The molecule has 3 aromatic carbocycles. The molecule has 0 aliphatic carbocycles. The van der Waals surface area contributed by atoms with Crippen LogP contribution in [0.2, 0.25) is 5.02 Å². The molecular weight excluding hydrogens is 490 g/mol. The molecule has 3 aromatic rings. The van der Waals surface area contributed by atoms with E-state index in [0.717, 1.165) is 55.4 Å². The van der Waals surface area contributed by atoms with Gasteiger partial charge < -0.3 is 19.3 Å². The van der Waals surface area contributed by atoms with Crippen LogP contribution in [-0.2, 0) is 22.5 Å². The first-order valence-corrected chi connectivity index (χ1v) is 12.6. The fourth-order valence-corrected chi connectivity index (χ4v) is 4.28. The second kappa shape index (κ2) is 13.2. The summed E-state index contributed by atoms with van der Waals surface area (Å²) in [6, 6.07) is 19.7. The summed E-state index contributed by atoms with van der Waals surface area (Å²) in [5.74, 6) is 6.54. The molecule has 192 valence electrons. The lowest BCUT2D eigenvalue weighted by atomic mass is 9.99. The second-order valence-corrected chi connectivity index (χ2v) is 9.37. The molecule has 1 heterocycles. The Labute approximate surface area is 222 Å². The first-order valence-electron chi connectivity index (χ1n) is 12.2. The number of hydrogen-bond acceptors (Lipinski definition) is 5. The van der Waals surface area contributed by atoms with Crippen molar-refractivity contribution in [3.63, 3.8) is 0 Å². The lowest BCUT2D eigenvalue weighted by Gasteiger charge is -2.26. The van der Waals surface area contributed by atoms with Gasteiger partial charge in [0.15, 0.2) is 6.61 Å². The van der Waals surface area contributed by atoms with Gasteiger partial charge in [0.05, 0.1) is 13.2 Å². The standard InChI is InChI=1S/C30H30ClNO5/c1-22-15-28(8-9-29(22)37-21-30(33)34)36-12-2-3-24-17-25(16-23-4-6-27(31)7-5-23)19-26(18-24)20-32-10-13-35-14-11-32/h4-9,15,17-19H,10-14,16,20-21H2,1H3,(H,33,34). The van der Waals surface area contributed by atoms with Crippen LogP contribution in [0.3, 0.4) is 0 Å². The van der Waals surface area contributed by atoms with Gasteiger partial charge in [-0.2, -0.15) is 0 Å². The van der Waals surface area contributed by atoms with Crippen molar-refractivity contribution in [2.24, 2.45) is 0 Å². The molecule has 1 fully saturated rings. The van der Waals surface area contributed by atoms with Gasteiger partial charge in [0.2, 0.25) is 0 Å². The molecule has 0 saturated carbocycles. The minimum atomic E-state index is -1.01. The molecule has 4 rings (SSSR count). The van der Waals surface area contributed by atoms with Crippen molar-refractivity contribution < 1.29 is 24.1 Å². The third kappa shape index (κ3) is 8.54. The molecule has 6 nitrogen and oxygen atoms in total. The third-order valence-electron chi connectivity index (χ3n) is 5.93. The Morgan fingerprint density at radius 1 is 1.00 bits per heavy atom. The molecule has 7 heteroatoms. The molecule has 0 unspecified atom stereocenters. The first kappa shape index (κ1) is 26.6. The Hall–Kier alpha value is -3.50. The van der Waals surface area contributed by atoms with E-state index in [9.17, 15) is 4.79 Å². The van der Waals surface area contributed by atoms with Crippen molar-refractivity contribution in [2.45, 2.75) is 19.9 Å². The van der Waals surface area contributed by atoms with Crippen molar-refractivity contribution in [3.05, 3.63) is 93.5 Å². The highest BCUT2D eigenvalue weighted by Crippen LogP contribution is 2.23. The van der Waals surface area contributed by atoms with E-state index in [1.807, 2.05) is 25.1 Å². The highest BCUT2D eigenvalue weighted by atomic mass is 35.5.